The monoisotopic (exact) mass is 310 g/mol. The van der Waals surface area contributed by atoms with Gasteiger partial charge in [-0.05, 0) is 24.6 Å². The lowest BCUT2D eigenvalue weighted by Gasteiger charge is -2.17. The molecule has 0 spiro atoms. The zero-order valence-corrected chi connectivity index (χ0v) is 13.1. The maximum absolute atomic E-state index is 12.4. The second kappa shape index (κ2) is 5.57. The molecule has 6 nitrogen and oxygen atoms in total. The predicted molar refractivity (Wildman–Crippen MR) is 77.6 cm³/mol. The van der Waals surface area contributed by atoms with Gasteiger partial charge in [0, 0.05) is 20.6 Å². The third-order valence-electron chi connectivity index (χ3n) is 3.60. The SMILES string of the molecule is CCCCN(C)S(=O)(=O)c1ccc2c(c1)C(=O)N(C)C2=O. The number of unbranched alkanes of at least 4 members (excludes halogenated alkanes) is 1. The number of hydrogen-bond donors (Lipinski definition) is 0. The molecule has 0 aromatic heterocycles. The van der Waals surface area contributed by atoms with E-state index in [-0.39, 0.29) is 16.0 Å². The van der Waals surface area contributed by atoms with Gasteiger partial charge in [-0.3, -0.25) is 14.5 Å². The van der Waals surface area contributed by atoms with Crippen molar-refractivity contribution < 1.29 is 18.0 Å². The molecule has 7 heteroatoms. The second-order valence-corrected chi connectivity index (χ2v) is 7.10. The van der Waals surface area contributed by atoms with Crippen molar-refractivity contribution in [2.75, 3.05) is 20.6 Å². The summed E-state index contributed by atoms with van der Waals surface area (Å²) in [6, 6.07) is 4.07. The van der Waals surface area contributed by atoms with Crippen molar-refractivity contribution in [2.24, 2.45) is 0 Å². The molecule has 21 heavy (non-hydrogen) atoms. The summed E-state index contributed by atoms with van der Waals surface area (Å²) >= 11 is 0. The lowest BCUT2D eigenvalue weighted by Crippen LogP contribution is -2.28. The van der Waals surface area contributed by atoms with Gasteiger partial charge in [0.1, 0.15) is 0 Å². The summed E-state index contributed by atoms with van der Waals surface area (Å²) in [6.45, 7) is 2.40. The van der Waals surface area contributed by atoms with Gasteiger partial charge in [-0.1, -0.05) is 13.3 Å². The molecule has 2 rings (SSSR count). The van der Waals surface area contributed by atoms with Crippen molar-refractivity contribution in [3.05, 3.63) is 29.3 Å². The van der Waals surface area contributed by atoms with Crippen LogP contribution < -0.4 is 0 Å². The first kappa shape index (κ1) is 15.7. The van der Waals surface area contributed by atoms with Gasteiger partial charge in [0.15, 0.2) is 0 Å². The van der Waals surface area contributed by atoms with E-state index in [4.69, 9.17) is 0 Å². The first-order valence-corrected chi connectivity index (χ1v) is 8.17. The van der Waals surface area contributed by atoms with E-state index in [9.17, 15) is 18.0 Å². The maximum Gasteiger partial charge on any atom is 0.261 e. The fourth-order valence-corrected chi connectivity index (χ4v) is 3.42. The van der Waals surface area contributed by atoms with Gasteiger partial charge in [0.05, 0.1) is 16.0 Å². The van der Waals surface area contributed by atoms with Crippen molar-refractivity contribution in [1.82, 2.24) is 9.21 Å². The summed E-state index contributed by atoms with van der Waals surface area (Å²) in [7, 11) is -0.747. The van der Waals surface area contributed by atoms with Gasteiger partial charge in [-0.25, -0.2) is 12.7 Å². The van der Waals surface area contributed by atoms with E-state index in [0.29, 0.717) is 6.54 Å². The zero-order chi connectivity index (χ0) is 15.8. The third-order valence-corrected chi connectivity index (χ3v) is 5.45. The summed E-state index contributed by atoms with van der Waals surface area (Å²) in [5.41, 5.74) is 0.394. The van der Waals surface area contributed by atoms with Gasteiger partial charge in [-0.15, -0.1) is 0 Å². The number of carbonyl (C=O) groups is 2. The Morgan fingerprint density at radius 2 is 1.76 bits per heavy atom. The van der Waals surface area contributed by atoms with Crippen molar-refractivity contribution >= 4 is 21.8 Å². The number of hydrogen-bond acceptors (Lipinski definition) is 4. The molecular formula is C14H18N2O4S. The molecule has 0 bridgehead atoms. The minimum atomic E-state index is -3.64. The van der Waals surface area contributed by atoms with Gasteiger partial charge >= 0.3 is 0 Å². The molecule has 1 aromatic rings. The molecule has 0 radical (unpaired) electrons. The molecule has 0 fully saturated rings. The summed E-state index contributed by atoms with van der Waals surface area (Å²) in [4.78, 5) is 24.7. The molecule has 0 N–H and O–H groups in total. The lowest BCUT2D eigenvalue weighted by atomic mass is 10.1. The number of rotatable bonds is 5. The fourth-order valence-electron chi connectivity index (χ4n) is 2.18. The largest absolute Gasteiger partial charge is 0.277 e. The first-order chi connectivity index (χ1) is 9.80. The normalized spacial score (nSPS) is 15.0. The second-order valence-electron chi connectivity index (χ2n) is 5.06. The average Bonchev–Trinajstić information content (AvgIpc) is 2.69. The highest BCUT2D eigenvalue weighted by atomic mass is 32.2. The zero-order valence-electron chi connectivity index (χ0n) is 12.3. The molecule has 114 valence electrons. The van der Waals surface area contributed by atoms with Crippen LogP contribution in [0.1, 0.15) is 40.5 Å². The Morgan fingerprint density at radius 3 is 2.38 bits per heavy atom. The van der Waals surface area contributed by atoms with Crippen molar-refractivity contribution in [1.29, 1.82) is 0 Å². The van der Waals surface area contributed by atoms with Gasteiger partial charge < -0.3 is 0 Å². The van der Waals surface area contributed by atoms with Gasteiger partial charge in [0.2, 0.25) is 10.0 Å². The number of amides is 2. The quantitative estimate of drug-likeness (QED) is 0.769. The maximum atomic E-state index is 12.4. The molecule has 0 saturated carbocycles. The summed E-state index contributed by atoms with van der Waals surface area (Å²) in [5, 5.41) is 0. The molecule has 0 atom stereocenters. The number of carbonyl (C=O) groups excluding carboxylic acids is 2. The number of imide groups is 1. The Balaban J connectivity index is 2.40. The number of sulfonamides is 1. The van der Waals surface area contributed by atoms with E-state index in [1.54, 1.807) is 0 Å². The van der Waals surface area contributed by atoms with Crippen LogP contribution in [0.2, 0.25) is 0 Å². The molecule has 1 aliphatic heterocycles. The molecule has 0 saturated heterocycles. The van der Waals surface area contributed by atoms with Gasteiger partial charge in [-0.2, -0.15) is 0 Å². The number of fused-ring (bicyclic) bond motifs is 1. The van der Waals surface area contributed by atoms with E-state index in [0.717, 1.165) is 17.7 Å². The fraction of sp³-hybridized carbons (Fsp3) is 0.429. The van der Waals surface area contributed by atoms with E-state index in [1.165, 1.54) is 36.6 Å². The molecule has 1 aromatic carbocycles. The highest BCUT2D eigenvalue weighted by Crippen LogP contribution is 2.25. The number of benzene rings is 1. The Bertz CT molecular complexity index is 697. The Kier molecular flexibility index (Phi) is 4.15. The van der Waals surface area contributed by atoms with Crippen molar-refractivity contribution in [2.45, 2.75) is 24.7 Å². The van der Waals surface area contributed by atoms with Crippen LogP contribution in [0, 0.1) is 0 Å². The predicted octanol–water partition coefficient (Wildman–Crippen LogP) is 1.33. The topological polar surface area (TPSA) is 74.8 Å². The minimum Gasteiger partial charge on any atom is -0.277 e. The van der Waals surface area contributed by atoms with E-state index in [2.05, 4.69) is 0 Å². The molecular weight excluding hydrogens is 292 g/mol. The van der Waals surface area contributed by atoms with Crippen molar-refractivity contribution in [3.8, 4) is 0 Å². The minimum absolute atomic E-state index is 0.0382. The van der Waals surface area contributed by atoms with Gasteiger partial charge in [0.25, 0.3) is 11.8 Å². The summed E-state index contributed by atoms with van der Waals surface area (Å²) in [5.74, 6) is -0.874. The molecule has 0 unspecified atom stereocenters. The highest BCUT2D eigenvalue weighted by Gasteiger charge is 2.34. The van der Waals surface area contributed by atoms with Crippen LogP contribution in [0.25, 0.3) is 0 Å². The van der Waals surface area contributed by atoms with Crippen molar-refractivity contribution in [3.63, 3.8) is 0 Å². The molecule has 0 aliphatic carbocycles. The summed E-state index contributed by atoms with van der Waals surface area (Å²) < 4.78 is 26.1. The van der Waals surface area contributed by atoms with E-state index < -0.39 is 21.8 Å². The van der Waals surface area contributed by atoms with Crippen LogP contribution in [0.4, 0.5) is 0 Å². The van der Waals surface area contributed by atoms with Crippen LogP contribution in [0.5, 0.6) is 0 Å². The third kappa shape index (κ3) is 2.58. The molecule has 1 heterocycles. The Morgan fingerprint density at radius 1 is 1.14 bits per heavy atom. The van der Waals surface area contributed by atoms with Crippen LogP contribution in [0.15, 0.2) is 23.1 Å². The molecule has 2 amide bonds. The smallest absolute Gasteiger partial charge is 0.261 e. The standard InChI is InChI=1S/C14H18N2O4S/c1-4-5-8-15(2)21(19,20)10-6-7-11-12(9-10)14(18)16(3)13(11)17/h6-7,9H,4-5,8H2,1-3H3. The average molecular weight is 310 g/mol. The van der Waals surface area contributed by atoms with E-state index >= 15 is 0 Å². The van der Waals surface area contributed by atoms with Crippen LogP contribution in [0.3, 0.4) is 0 Å². The first-order valence-electron chi connectivity index (χ1n) is 6.73. The van der Waals surface area contributed by atoms with Crippen LogP contribution in [-0.4, -0.2) is 50.1 Å². The molecule has 1 aliphatic rings. The Hall–Kier alpha value is -1.73. The summed E-state index contributed by atoms with van der Waals surface area (Å²) in [6.07, 6.45) is 1.66. The van der Waals surface area contributed by atoms with Crippen LogP contribution in [-0.2, 0) is 10.0 Å². The van der Waals surface area contributed by atoms with Crippen LogP contribution >= 0.6 is 0 Å². The Labute approximate surface area is 124 Å². The lowest BCUT2D eigenvalue weighted by molar-refractivity contribution is 0.0693. The number of nitrogens with zero attached hydrogens (tertiary/aromatic N) is 2. The van der Waals surface area contributed by atoms with E-state index in [1.807, 2.05) is 6.92 Å². The highest BCUT2D eigenvalue weighted by molar-refractivity contribution is 7.89.